The minimum absolute atomic E-state index is 0.138. The van der Waals surface area contributed by atoms with Gasteiger partial charge in [0.25, 0.3) is 5.91 Å². The van der Waals surface area contributed by atoms with Crippen molar-refractivity contribution in [2.45, 2.75) is 19.1 Å². The van der Waals surface area contributed by atoms with Crippen LogP contribution in [0.25, 0.3) is 0 Å². The lowest BCUT2D eigenvalue weighted by Gasteiger charge is -2.41. The molecule has 1 amide bonds. The van der Waals surface area contributed by atoms with Crippen LogP contribution in [0.4, 0.5) is 0 Å². The summed E-state index contributed by atoms with van der Waals surface area (Å²) in [6.45, 7) is 2.42. The summed E-state index contributed by atoms with van der Waals surface area (Å²) in [5, 5.41) is 10.5. The number of carbonyl (C=O) groups excluding carboxylic acids is 1. The van der Waals surface area contributed by atoms with Crippen molar-refractivity contribution in [1.29, 1.82) is 0 Å². The molecule has 2 atom stereocenters. The number of aliphatic hydroxyl groups excluding tert-OH is 1. The van der Waals surface area contributed by atoms with Crippen LogP contribution in [0.2, 0.25) is 5.02 Å². The first-order valence-corrected chi connectivity index (χ1v) is 9.39. The van der Waals surface area contributed by atoms with Crippen molar-refractivity contribution in [1.82, 2.24) is 4.90 Å². The van der Waals surface area contributed by atoms with Gasteiger partial charge in [-0.3, -0.25) is 4.79 Å². The number of methoxy groups -OCH3 is 2. The number of amides is 1. The number of halogens is 1. The first-order chi connectivity index (χ1) is 13.5. The second kappa shape index (κ2) is 8.82. The Bertz CT molecular complexity index is 857. The molecule has 1 heterocycles. The predicted molar refractivity (Wildman–Crippen MR) is 106 cm³/mol. The predicted octanol–water partition coefficient (Wildman–Crippen LogP) is 3.24. The summed E-state index contributed by atoms with van der Waals surface area (Å²) < 4.78 is 16.4. The number of hydrogen-bond donors (Lipinski definition) is 1. The minimum Gasteiger partial charge on any atom is -0.493 e. The summed E-state index contributed by atoms with van der Waals surface area (Å²) >= 11 is 6.10. The maximum atomic E-state index is 13.3. The fourth-order valence-electron chi connectivity index (χ4n) is 3.49. The topological polar surface area (TPSA) is 68.2 Å². The molecule has 1 aliphatic rings. The van der Waals surface area contributed by atoms with Crippen molar-refractivity contribution < 1.29 is 24.1 Å². The molecule has 2 aromatic carbocycles. The van der Waals surface area contributed by atoms with Crippen LogP contribution in [-0.2, 0) is 4.74 Å². The first kappa shape index (κ1) is 20.5. The molecular weight excluding hydrogens is 382 g/mol. The molecule has 6 nitrogen and oxygen atoms in total. The molecule has 0 bridgehead atoms. The Morgan fingerprint density at radius 3 is 2.61 bits per heavy atom. The van der Waals surface area contributed by atoms with Gasteiger partial charge in [-0.2, -0.15) is 0 Å². The normalized spacial score (nSPS) is 19.4. The lowest BCUT2D eigenvalue weighted by molar-refractivity contribution is -0.0811. The second-order valence-corrected chi connectivity index (χ2v) is 7.02. The highest BCUT2D eigenvalue weighted by molar-refractivity contribution is 6.31. The Morgan fingerprint density at radius 2 is 1.96 bits per heavy atom. The molecule has 3 rings (SSSR count). The number of nitrogens with zero attached hydrogens (tertiary/aromatic N) is 1. The van der Waals surface area contributed by atoms with Gasteiger partial charge in [-0.1, -0.05) is 17.7 Å². The number of rotatable bonds is 5. The molecule has 0 saturated carbocycles. The molecule has 1 fully saturated rings. The van der Waals surface area contributed by atoms with Crippen LogP contribution >= 0.6 is 11.6 Å². The Balaban J connectivity index is 2.01. The lowest BCUT2D eigenvalue weighted by atomic mass is 9.96. The quantitative estimate of drug-likeness (QED) is 0.827. The van der Waals surface area contributed by atoms with Gasteiger partial charge in [0.1, 0.15) is 6.10 Å². The fourth-order valence-corrected chi connectivity index (χ4v) is 3.61. The molecule has 1 aliphatic heterocycles. The maximum absolute atomic E-state index is 13.3. The van der Waals surface area contributed by atoms with Crippen molar-refractivity contribution in [2.75, 3.05) is 34.0 Å². The van der Waals surface area contributed by atoms with E-state index < -0.39 is 12.1 Å². The highest BCUT2D eigenvalue weighted by Gasteiger charge is 2.37. The number of aryl methyl sites for hydroxylation is 1. The summed E-state index contributed by atoms with van der Waals surface area (Å²) in [6, 6.07) is 10.2. The molecule has 2 unspecified atom stereocenters. The summed E-state index contributed by atoms with van der Waals surface area (Å²) in [5.41, 5.74) is 2.18. The zero-order valence-electron chi connectivity index (χ0n) is 16.1. The molecule has 0 radical (unpaired) electrons. The summed E-state index contributed by atoms with van der Waals surface area (Å²) in [5.74, 6) is 1.01. The largest absolute Gasteiger partial charge is 0.493 e. The van der Waals surface area contributed by atoms with Gasteiger partial charge in [0.15, 0.2) is 11.5 Å². The third-order valence-electron chi connectivity index (χ3n) is 4.95. The summed E-state index contributed by atoms with van der Waals surface area (Å²) in [7, 11) is 3.12. The maximum Gasteiger partial charge on any atom is 0.254 e. The summed E-state index contributed by atoms with van der Waals surface area (Å²) in [6.07, 6.45) is -0.538. The number of ether oxygens (including phenoxy) is 3. The molecular formula is C21H24ClNO5. The van der Waals surface area contributed by atoms with Crippen molar-refractivity contribution >= 4 is 17.5 Å². The van der Waals surface area contributed by atoms with Gasteiger partial charge in [0.05, 0.1) is 33.5 Å². The number of morpholine rings is 1. The highest BCUT2D eigenvalue weighted by atomic mass is 35.5. The molecule has 0 aliphatic carbocycles. The molecule has 1 N–H and O–H groups in total. The number of hydrogen-bond acceptors (Lipinski definition) is 5. The zero-order chi connectivity index (χ0) is 20.3. The van der Waals surface area contributed by atoms with E-state index in [4.69, 9.17) is 25.8 Å². The highest BCUT2D eigenvalue weighted by Crippen LogP contribution is 2.36. The van der Waals surface area contributed by atoms with E-state index in [2.05, 4.69) is 0 Å². The molecule has 2 aromatic rings. The van der Waals surface area contributed by atoms with Crippen molar-refractivity contribution in [2.24, 2.45) is 0 Å². The third-order valence-corrected chi connectivity index (χ3v) is 5.37. The van der Waals surface area contributed by atoms with Gasteiger partial charge >= 0.3 is 0 Å². The van der Waals surface area contributed by atoms with Crippen LogP contribution in [0.15, 0.2) is 36.4 Å². The van der Waals surface area contributed by atoms with Crippen LogP contribution < -0.4 is 9.47 Å². The van der Waals surface area contributed by atoms with E-state index in [1.807, 2.05) is 19.1 Å². The Labute approximate surface area is 169 Å². The summed E-state index contributed by atoms with van der Waals surface area (Å²) in [4.78, 5) is 15.0. The molecule has 150 valence electrons. The van der Waals surface area contributed by atoms with Crippen molar-refractivity contribution in [3.05, 3.63) is 58.1 Å². The van der Waals surface area contributed by atoms with E-state index in [1.165, 1.54) is 0 Å². The molecule has 0 aromatic heterocycles. The molecule has 7 heteroatoms. The Kier molecular flexibility index (Phi) is 6.44. The average molecular weight is 406 g/mol. The minimum atomic E-state index is -0.538. The van der Waals surface area contributed by atoms with E-state index in [1.54, 1.807) is 43.4 Å². The van der Waals surface area contributed by atoms with Gasteiger partial charge < -0.3 is 24.2 Å². The standard InChI is InChI=1S/C21H24ClNO5/c1-13-10-15(4-6-16(13)22)21(25)23-8-9-28-19(12-24)20(23)14-5-7-17(26-2)18(11-14)27-3/h4-7,10-11,19-20,24H,8-9,12H2,1-3H3. The number of carbonyl (C=O) groups is 1. The lowest BCUT2D eigenvalue weighted by Crippen LogP contribution is -2.49. The van der Waals surface area contributed by atoms with Gasteiger partial charge in [0, 0.05) is 17.1 Å². The SMILES string of the molecule is COc1ccc(C2C(CO)OCCN2C(=O)c2ccc(Cl)c(C)c2)cc1OC. The van der Waals surface area contributed by atoms with Crippen LogP contribution in [-0.4, -0.2) is 56.0 Å². The number of aliphatic hydroxyl groups is 1. The van der Waals surface area contributed by atoms with Gasteiger partial charge in [-0.05, 0) is 48.4 Å². The second-order valence-electron chi connectivity index (χ2n) is 6.61. The van der Waals surface area contributed by atoms with E-state index in [9.17, 15) is 9.90 Å². The zero-order valence-corrected chi connectivity index (χ0v) is 16.9. The van der Waals surface area contributed by atoms with E-state index in [0.29, 0.717) is 35.2 Å². The molecule has 1 saturated heterocycles. The van der Waals surface area contributed by atoms with Gasteiger partial charge in [0.2, 0.25) is 0 Å². The third kappa shape index (κ3) is 3.94. The smallest absolute Gasteiger partial charge is 0.254 e. The van der Waals surface area contributed by atoms with Crippen molar-refractivity contribution in [3.63, 3.8) is 0 Å². The van der Waals surface area contributed by atoms with E-state index in [-0.39, 0.29) is 12.5 Å². The van der Waals surface area contributed by atoms with E-state index in [0.717, 1.165) is 11.1 Å². The molecule has 28 heavy (non-hydrogen) atoms. The fraction of sp³-hybridized carbons (Fsp3) is 0.381. The van der Waals surface area contributed by atoms with E-state index >= 15 is 0 Å². The van der Waals surface area contributed by atoms with Crippen LogP contribution in [0.5, 0.6) is 11.5 Å². The molecule has 0 spiro atoms. The van der Waals surface area contributed by atoms with Gasteiger partial charge in [-0.15, -0.1) is 0 Å². The van der Waals surface area contributed by atoms with Gasteiger partial charge in [-0.25, -0.2) is 0 Å². The van der Waals surface area contributed by atoms with Crippen LogP contribution in [0.3, 0.4) is 0 Å². The van der Waals surface area contributed by atoms with Crippen molar-refractivity contribution in [3.8, 4) is 11.5 Å². The number of benzene rings is 2. The Hall–Kier alpha value is -2.28. The van der Waals surface area contributed by atoms with Crippen LogP contribution in [0.1, 0.15) is 27.5 Å². The average Bonchev–Trinajstić information content (AvgIpc) is 2.73. The monoisotopic (exact) mass is 405 g/mol. The first-order valence-electron chi connectivity index (χ1n) is 9.01. The Morgan fingerprint density at radius 1 is 1.21 bits per heavy atom. The van der Waals surface area contributed by atoms with Crippen LogP contribution in [0, 0.1) is 6.92 Å².